The molecule has 2 rings (SSSR count). The van der Waals surface area contributed by atoms with Gasteiger partial charge < -0.3 is 10.6 Å². The van der Waals surface area contributed by atoms with Crippen LogP contribution in [0.15, 0.2) is 36.4 Å². The molecule has 0 unspecified atom stereocenters. The summed E-state index contributed by atoms with van der Waals surface area (Å²) in [6.45, 7) is 1.90. The summed E-state index contributed by atoms with van der Waals surface area (Å²) in [5.74, 6) is -0.367. The molecule has 0 saturated carbocycles. The minimum atomic E-state index is -0.440. The molecule has 3 nitrogen and oxygen atoms in total. The highest BCUT2D eigenvalue weighted by molar-refractivity contribution is 6.35. The SMILES string of the molecule is Cc1ccc(NC(=O)NCc2ccc(Cl)cc2Cl)cc1F. The number of urea groups is 1. The highest BCUT2D eigenvalue weighted by Crippen LogP contribution is 2.20. The molecule has 0 aliphatic heterocycles. The van der Waals surface area contributed by atoms with E-state index in [1.807, 2.05) is 0 Å². The lowest BCUT2D eigenvalue weighted by Crippen LogP contribution is -2.28. The second kappa shape index (κ2) is 6.78. The predicted molar refractivity (Wildman–Crippen MR) is 83.5 cm³/mol. The van der Waals surface area contributed by atoms with Gasteiger partial charge in [0.25, 0.3) is 0 Å². The highest BCUT2D eigenvalue weighted by atomic mass is 35.5. The maximum absolute atomic E-state index is 13.4. The summed E-state index contributed by atoms with van der Waals surface area (Å²) in [7, 11) is 0. The third-order valence-corrected chi connectivity index (χ3v) is 3.47. The van der Waals surface area contributed by atoms with Crippen molar-refractivity contribution in [3.05, 3.63) is 63.4 Å². The Labute approximate surface area is 132 Å². The van der Waals surface area contributed by atoms with E-state index in [9.17, 15) is 9.18 Å². The topological polar surface area (TPSA) is 41.1 Å². The normalized spacial score (nSPS) is 10.3. The first-order chi connectivity index (χ1) is 9.95. The molecule has 0 aromatic heterocycles. The fourth-order valence-corrected chi connectivity index (χ4v) is 2.16. The van der Waals surface area contributed by atoms with Crippen LogP contribution >= 0.6 is 23.2 Å². The molecule has 6 heteroatoms. The lowest BCUT2D eigenvalue weighted by Gasteiger charge is -2.09. The molecule has 0 radical (unpaired) electrons. The Hall–Kier alpha value is -1.78. The van der Waals surface area contributed by atoms with E-state index < -0.39 is 6.03 Å². The Kier molecular flexibility index (Phi) is 5.04. The number of benzene rings is 2. The number of carbonyl (C=O) groups excluding carboxylic acids is 1. The lowest BCUT2D eigenvalue weighted by molar-refractivity contribution is 0.251. The maximum Gasteiger partial charge on any atom is 0.319 e. The van der Waals surface area contributed by atoms with Crippen molar-refractivity contribution in [3.8, 4) is 0 Å². The van der Waals surface area contributed by atoms with Crippen molar-refractivity contribution in [2.75, 3.05) is 5.32 Å². The minimum Gasteiger partial charge on any atom is -0.334 e. The number of hydrogen-bond donors (Lipinski definition) is 2. The van der Waals surface area contributed by atoms with Crippen molar-refractivity contribution in [2.24, 2.45) is 0 Å². The quantitative estimate of drug-likeness (QED) is 0.838. The second-order valence-electron chi connectivity index (χ2n) is 4.51. The molecule has 0 aliphatic carbocycles. The molecule has 2 N–H and O–H groups in total. The zero-order valence-corrected chi connectivity index (χ0v) is 12.7. The molecular formula is C15H13Cl2FN2O. The Morgan fingerprint density at radius 1 is 1.19 bits per heavy atom. The molecule has 0 heterocycles. The molecule has 110 valence electrons. The van der Waals surface area contributed by atoms with Crippen LogP contribution < -0.4 is 10.6 Å². The number of halogens is 3. The summed E-state index contributed by atoms with van der Waals surface area (Å²) in [6.07, 6.45) is 0. The van der Waals surface area contributed by atoms with E-state index in [1.54, 1.807) is 37.3 Å². The number of amides is 2. The van der Waals surface area contributed by atoms with Gasteiger partial charge in [-0.15, -0.1) is 0 Å². The first-order valence-electron chi connectivity index (χ1n) is 6.20. The van der Waals surface area contributed by atoms with E-state index in [4.69, 9.17) is 23.2 Å². The second-order valence-corrected chi connectivity index (χ2v) is 5.35. The molecular weight excluding hydrogens is 314 g/mol. The summed E-state index contributed by atoms with van der Waals surface area (Å²) in [4.78, 5) is 11.7. The maximum atomic E-state index is 13.4. The van der Waals surface area contributed by atoms with Crippen LogP contribution in [0.1, 0.15) is 11.1 Å². The summed E-state index contributed by atoms with van der Waals surface area (Å²) < 4.78 is 13.4. The van der Waals surface area contributed by atoms with Crippen molar-refractivity contribution >= 4 is 34.9 Å². The van der Waals surface area contributed by atoms with Gasteiger partial charge in [0.2, 0.25) is 0 Å². The average Bonchev–Trinajstić information content (AvgIpc) is 2.42. The monoisotopic (exact) mass is 326 g/mol. The summed E-state index contributed by atoms with van der Waals surface area (Å²) in [6, 6.07) is 9.09. The van der Waals surface area contributed by atoms with Crippen LogP contribution in [0.5, 0.6) is 0 Å². The Morgan fingerprint density at radius 3 is 2.62 bits per heavy atom. The average molecular weight is 327 g/mol. The Bertz CT molecular complexity index is 677. The van der Waals surface area contributed by atoms with Crippen LogP contribution in [0.2, 0.25) is 10.0 Å². The van der Waals surface area contributed by atoms with E-state index in [0.717, 1.165) is 5.56 Å². The molecule has 0 spiro atoms. The number of rotatable bonds is 3. The van der Waals surface area contributed by atoms with Crippen molar-refractivity contribution in [1.29, 1.82) is 0 Å². The first-order valence-corrected chi connectivity index (χ1v) is 6.96. The van der Waals surface area contributed by atoms with Crippen LogP contribution in [0, 0.1) is 12.7 Å². The third kappa shape index (κ3) is 4.34. The number of aryl methyl sites for hydroxylation is 1. The van der Waals surface area contributed by atoms with Crippen molar-refractivity contribution in [3.63, 3.8) is 0 Å². The van der Waals surface area contributed by atoms with Crippen LogP contribution in [-0.2, 0) is 6.54 Å². The van der Waals surface area contributed by atoms with E-state index in [-0.39, 0.29) is 12.4 Å². The minimum absolute atomic E-state index is 0.246. The fraction of sp³-hybridized carbons (Fsp3) is 0.133. The first kappa shape index (κ1) is 15.6. The molecule has 21 heavy (non-hydrogen) atoms. The van der Waals surface area contributed by atoms with Gasteiger partial charge in [-0.3, -0.25) is 0 Å². The predicted octanol–water partition coefficient (Wildman–Crippen LogP) is 4.76. The standard InChI is InChI=1S/C15H13Cl2FN2O/c1-9-2-5-12(7-14(9)18)20-15(21)19-8-10-3-4-11(16)6-13(10)17/h2-7H,8H2,1H3,(H2,19,20,21). The van der Waals surface area contributed by atoms with Gasteiger partial charge in [0, 0.05) is 22.3 Å². The van der Waals surface area contributed by atoms with Gasteiger partial charge >= 0.3 is 6.03 Å². The molecule has 0 atom stereocenters. The zero-order valence-electron chi connectivity index (χ0n) is 11.2. The molecule has 2 aromatic carbocycles. The number of anilines is 1. The summed E-state index contributed by atoms with van der Waals surface area (Å²) >= 11 is 11.8. The number of hydrogen-bond acceptors (Lipinski definition) is 1. The Morgan fingerprint density at radius 2 is 1.95 bits per heavy atom. The fourth-order valence-electron chi connectivity index (χ4n) is 1.69. The van der Waals surface area contributed by atoms with Crippen LogP contribution in [0.25, 0.3) is 0 Å². The van der Waals surface area contributed by atoms with Crippen LogP contribution in [0.3, 0.4) is 0 Å². The zero-order chi connectivity index (χ0) is 15.4. The molecule has 0 aliphatic rings. The Balaban J connectivity index is 1.94. The molecule has 0 saturated heterocycles. The van der Waals surface area contributed by atoms with Gasteiger partial charge in [0.15, 0.2) is 0 Å². The summed E-state index contributed by atoms with van der Waals surface area (Å²) in [5, 5.41) is 6.20. The number of carbonyl (C=O) groups is 1. The molecule has 2 aromatic rings. The summed E-state index contributed by atoms with van der Waals surface area (Å²) in [5.41, 5.74) is 1.65. The van der Waals surface area contributed by atoms with Crippen molar-refractivity contribution in [2.45, 2.75) is 13.5 Å². The largest absolute Gasteiger partial charge is 0.334 e. The van der Waals surface area contributed by atoms with Crippen molar-refractivity contribution in [1.82, 2.24) is 5.32 Å². The van der Waals surface area contributed by atoms with Gasteiger partial charge in [-0.05, 0) is 42.3 Å². The van der Waals surface area contributed by atoms with Gasteiger partial charge in [0.1, 0.15) is 5.82 Å². The van der Waals surface area contributed by atoms with Gasteiger partial charge in [-0.1, -0.05) is 35.3 Å². The highest BCUT2D eigenvalue weighted by Gasteiger charge is 2.06. The van der Waals surface area contributed by atoms with E-state index >= 15 is 0 Å². The van der Waals surface area contributed by atoms with E-state index in [2.05, 4.69) is 10.6 Å². The van der Waals surface area contributed by atoms with E-state index in [1.165, 1.54) is 6.07 Å². The van der Waals surface area contributed by atoms with Gasteiger partial charge in [-0.2, -0.15) is 0 Å². The third-order valence-electron chi connectivity index (χ3n) is 2.88. The lowest BCUT2D eigenvalue weighted by atomic mass is 10.2. The number of nitrogens with one attached hydrogen (secondary N) is 2. The molecule has 0 bridgehead atoms. The van der Waals surface area contributed by atoms with Gasteiger partial charge in [-0.25, -0.2) is 9.18 Å². The van der Waals surface area contributed by atoms with E-state index in [0.29, 0.717) is 21.3 Å². The molecule has 0 fully saturated rings. The molecule has 2 amide bonds. The van der Waals surface area contributed by atoms with Gasteiger partial charge in [0.05, 0.1) is 0 Å². The van der Waals surface area contributed by atoms with Crippen LogP contribution in [0.4, 0.5) is 14.9 Å². The van der Waals surface area contributed by atoms with Crippen molar-refractivity contribution < 1.29 is 9.18 Å². The smallest absolute Gasteiger partial charge is 0.319 e. The van der Waals surface area contributed by atoms with Crippen LogP contribution in [-0.4, -0.2) is 6.03 Å².